The van der Waals surface area contributed by atoms with Crippen LogP contribution in [0.1, 0.15) is 82.9 Å². The zero-order valence-corrected chi connectivity index (χ0v) is 27.6. The summed E-state index contributed by atoms with van der Waals surface area (Å²) in [7, 11) is 0. The van der Waals surface area contributed by atoms with Gasteiger partial charge in [0.25, 0.3) is 0 Å². The first-order valence-corrected chi connectivity index (χ1v) is 13.3. The zero-order chi connectivity index (χ0) is 39.4. The fourth-order valence-electron chi connectivity index (χ4n) is 3.19. The van der Waals surface area contributed by atoms with Crippen LogP contribution in [0.4, 0.5) is 0 Å². The summed E-state index contributed by atoms with van der Waals surface area (Å²) >= 11 is 0. The third kappa shape index (κ3) is 15.7. The smallest absolute Gasteiger partial charge is 0.661 e. The summed E-state index contributed by atoms with van der Waals surface area (Å²) in [6.07, 6.45) is 0. The van der Waals surface area contributed by atoms with Crippen LogP contribution in [0.3, 0.4) is 0 Å². The molecule has 4 N–H and O–H groups in total. The van der Waals surface area contributed by atoms with Gasteiger partial charge < -0.3 is 61.0 Å². The van der Waals surface area contributed by atoms with Gasteiger partial charge in [0, 0.05) is 0 Å². The molecule has 4 aromatic carbocycles. The predicted molar refractivity (Wildman–Crippen MR) is 155 cm³/mol. The molecule has 0 aliphatic carbocycles. The monoisotopic (exact) mass is 772 g/mol. The van der Waals surface area contributed by atoms with Gasteiger partial charge in [-0.1, -0.05) is 0 Å². The molecule has 4 aromatic rings. The molecule has 0 unspecified atom stereocenters. The number of carbonyl (C=O) groups excluding carboxylic acids is 4. The van der Waals surface area contributed by atoms with Crippen molar-refractivity contribution in [3.63, 3.8) is 0 Å². The van der Waals surface area contributed by atoms with E-state index in [1.54, 1.807) is 0 Å². The van der Waals surface area contributed by atoms with Crippen molar-refractivity contribution in [2.75, 3.05) is 0 Å². The Labute approximate surface area is 309 Å². The van der Waals surface area contributed by atoms with Crippen LogP contribution in [0, 0.1) is 0 Å². The van der Waals surface area contributed by atoms with E-state index in [1.807, 2.05) is 0 Å². The molecule has 0 aromatic heterocycles. The summed E-state index contributed by atoms with van der Waals surface area (Å²) in [5.41, 5.74) is 0.287. The molecule has 0 heterocycles. The quantitative estimate of drug-likeness (QED) is 0.0973. The standard InChI is InChI=1S/4C8H6O5.Ti/c4*9-7(10)5-1-3-6(4-2-5)8(11)13-12;/h4*1-4,12H,(H,9,10);/q;;;;+4/p-4. The number of carboxylic acid groups (broad SMARTS) is 4. The average molecular weight is 772 g/mol. The molecule has 21 heteroatoms. The van der Waals surface area contributed by atoms with Crippen LogP contribution in [0.25, 0.3) is 0 Å². The molecule has 0 aliphatic rings. The van der Waals surface area contributed by atoms with Gasteiger partial charge in [0.15, 0.2) is 0 Å². The van der Waals surface area contributed by atoms with E-state index in [1.165, 1.54) is 97.1 Å². The fourth-order valence-corrected chi connectivity index (χ4v) is 3.19. The number of hydrogen-bond acceptors (Lipinski definition) is 16. The number of carboxylic acids is 4. The van der Waals surface area contributed by atoms with Crippen LogP contribution < -0.4 is 21.0 Å². The van der Waals surface area contributed by atoms with Crippen LogP contribution in [0.15, 0.2) is 97.1 Å². The number of rotatable bonds is 8. The van der Waals surface area contributed by atoms with Crippen LogP contribution in [-0.4, -0.2) is 68.2 Å². The molecule has 0 spiro atoms. The minimum Gasteiger partial charge on any atom is -0.661 e. The van der Waals surface area contributed by atoms with Crippen LogP contribution in [0.5, 0.6) is 0 Å². The zero-order valence-electron chi connectivity index (χ0n) is 26.1. The van der Waals surface area contributed by atoms with E-state index in [0.29, 0.717) is 0 Å². The molecule has 0 atom stereocenters. The van der Waals surface area contributed by atoms with E-state index >= 15 is 0 Å². The Kier molecular flexibility index (Phi) is 20.5. The van der Waals surface area contributed by atoms with Gasteiger partial charge in [-0.25, -0.2) is 38.4 Å². The number of benzene rings is 4. The molecule has 0 fully saturated rings. The number of carbonyl (C=O) groups is 8. The Hall–Kier alpha value is -6.81. The summed E-state index contributed by atoms with van der Waals surface area (Å²) in [5.74, 6) is -8.50. The average Bonchev–Trinajstić information content (AvgIpc) is 3.17. The van der Waals surface area contributed by atoms with Crippen LogP contribution in [0.2, 0.25) is 0 Å². The Bertz CT molecular complexity index is 1590. The van der Waals surface area contributed by atoms with Crippen LogP contribution in [-0.2, 0) is 41.3 Å². The van der Waals surface area contributed by atoms with E-state index in [9.17, 15) is 59.4 Å². The summed E-state index contributed by atoms with van der Waals surface area (Å²) in [6.45, 7) is 0. The van der Waals surface area contributed by atoms with Gasteiger partial charge >= 0.3 is 69.5 Å². The number of aromatic carboxylic acids is 4. The van der Waals surface area contributed by atoms with Crippen molar-refractivity contribution >= 4 is 47.8 Å². The Morgan fingerprint density at radius 3 is 0.509 bits per heavy atom. The Morgan fingerprint density at radius 2 is 0.415 bits per heavy atom. The molecular weight excluding hydrogens is 752 g/mol. The second-order valence-corrected chi connectivity index (χ2v) is 9.01. The SMILES string of the molecule is O=C(O)c1ccc(C(=O)O[O-])cc1.O=C(O)c1ccc(C(=O)O[O-])cc1.O=C(O)c1ccc(C(=O)O[O-])cc1.O=C(O)c1ccc(C(=O)O[O-])cc1.[Ti+4]. The normalized spacial score (nSPS) is 9.13. The van der Waals surface area contributed by atoms with Gasteiger partial charge in [0.1, 0.15) is 0 Å². The molecule has 4 rings (SSSR count). The molecule has 0 aliphatic heterocycles. The van der Waals surface area contributed by atoms with Gasteiger partial charge in [0.05, 0.1) is 44.5 Å². The van der Waals surface area contributed by atoms with E-state index < -0.39 is 47.8 Å². The minimum atomic E-state index is -1.10. The molecule has 20 nitrogen and oxygen atoms in total. The van der Waals surface area contributed by atoms with E-state index in [0.717, 1.165) is 0 Å². The van der Waals surface area contributed by atoms with Gasteiger partial charge in [-0.2, -0.15) is 0 Å². The van der Waals surface area contributed by atoms with Crippen molar-refractivity contribution in [2.24, 2.45) is 0 Å². The molecule has 0 amide bonds. The predicted octanol–water partition coefficient (Wildman–Crippen LogP) is -0.735. The molecule has 272 valence electrons. The molecular formula is C32H20O20Ti. The molecule has 53 heavy (non-hydrogen) atoms. The molecule has 0 bridgehead atoms. The van der Waals surface area contributed by atoms with E-state index in [-0.39, 0.29) is 66.2 Å². The van der Waals surface area contributed by atoms with Gasteiger partial charge in [-0.15, -0.1) is 0 Å². The van der Waals surface area contributed by atoms with Gasteiger partial charge in [-0.3, -0.25) is 0 Å². The minimum absolute atomic E-state index is 0. The first kappa shape index (κ1) is 46.2. The molecule has 0 radical (unpaired) electrons. The summed E-state index contributed by atoms with van der Waals surface area (Å²) in [6, 6.07) is 19.4. The maximum absolute atomic E-state index is 10.6. The first-order valence-electron chi connectivity index (χ1n) is 13.3. The summed E-state index contributed by atoms with van der Waals surface area (Å²) in [5, 5.41) is 72.7. The van der Waals surface area contributed by atoms with Crippen molar-refractivity contribution in [1.82, 2.24) is 0 Å². The van der Waals surface area contributed by atoms with Crippen molar-refractivity contribution < 1.29 is 121 Å². The largest absolute Gasteiger partial charge is 4.00 e. The van der Waals surface area contributed by atoms with Gasteiger partial charge in [-0.05, 0) is 97.1 Å². The Balaban J connectivity index is 0.000000676. The third-order valence-electron chi connectivity index (χ3n) is 5.77. The van der Waals surface area contributed by atoms with Crippen molar-refractivity contribution in [3.8, 4) is 0 Å². The maximum atomic E-state index is 10.6. The van der Waals surface area contributed by atoms with Crippen molar-refractivity contribution in [3.05, 3.63) is 142 Å². The van der Waals surface area contributed by atoms with Gasteiger partial charge in [0.2, 0.25) is 0 Å². The second kappa shape index (κ2) is 23.6. The van der Waals surface area contributed by atoms with Crippen molar-refractivity contribution in [1.29, 1.82) is 0 Å². The summed E-state index contributed by atoms with van der Waals surface area (Å²) in [4.78, 5) is 96.7. The van der Waals surface area contributed by atoms with E-state index in [2.05, 4.69) is 19.6 Å². The van der Waals surface area contributed by atoms with E-state index in [4.69, 9.17) is 20.4 Å². The number of hydrogen-bond donors (Lipinski definition) is 4. The first-order chi connectivity index (χ1) is 24.6. The topological polar surface area (TPSA) is 347 Å². The molecule has 0 saturated carbocycles. The summed E-state index contributed by atoms with van der Waals surface area (Å²) < 4.78 is 0. The van der Waals surface area contributed by atoms with Crippen molar-refractivity contribution in [2.45, 2.75) is 0 Å². The molecule has 0 saturated heterocycles. The second-order valence-electron chi connectivity index (χ2n) is 9.01. The van der Waals surface area contributed by atoms with Crippen LogP contribution >= 0.6 is 0 Å². The fraction of sp³-hybridized carbons (Fsp3) is 0. The Morgan fingerprint density at radius 1 is 0.302 bits per heavy atom. The maximum Gasteiger partial charge on any atom is 4.00 e. The third-order valence-corrected chi connectivity index (χ3v) is 5.77.